The second kappa shape index (κ2) is 8.38. The molecule has 0 saturated carbocycles. The zero-order chi connectivity index (χ0) is 16.8. The van der Waals surface area contributed by atoms with E-state index in [1.807, 2.05) is 12.1 Å². The number of hydrogen-bond donors (Lipinski definition) is 2. The molecular formula is C19H30N4O. The highest BCUT2D eigenvalue weighted by Gasteiger charge is 2.20. The summed E-state index contributed by atoms with van der Waals surface area (Å²) in [5.41, 5.74) is 2.08. The molecular weight excluding hydrogens is 300 g/mol. The SMILES string of the molecule is CCN1CCC[C@H](NC(=O)Nc2cccc(N3CCCCC3)c2)C1. The molecule has 2 heterocycles. The summed E-state index contributed by atoms with van der Waals surface area (Å²) in [4.78, 5) is 17.1. The minimum Gasteiger partial charge on any atom is -0.371 e. The molecule has 0 bridgehead atoms. The van der Waals surface area contributed by atoms with E-state index in [2.05, 4.69) is 39.5 Å². The molecule has 24 heavy (non-hydrogen) atoms. The van der Waals surface area contributed by atoms with Crippen LogP contribution in [-0.2, 0) is 0 Å². The van der Waals surface area contributed by atoms with Crippen LogP contribution in [0.3, 0.4) is 0 Å². The summed E-state index contributed by atoms with van der Waals surface area (Å²) >= 11 is 0. The van der Waals surface area contributed by atoms with E-state index >= 15 is 0 Å². The Kier molecular flexibility index (Phi) is 5.96. The number of anilines is 2. The lowest BCUT2D eigenvalue weighted by Crippen LogP contribution is -2.48. The predicted molar refractivity (Wildman–Crippen MR) is 99.8 cm³/mol. The average Bonchev–Trinajstić information content (AvgIpc) is 2.63. The van der Waals surface area contributed by atoms with E-state index in [1.165, 1.54) is 24.9 Å². The summed E-state index contributed by atoms with van der Waals surface area (Å²) in [6.07, 6.45) is 6.06. The Balaban J connectivity index is 1.54. The van der Waals surface area contributed by atoms with Crippen molar-refractivity contribution in [1.29, 1.82) is 0 Å². The van der Waals surface area contributed by atoms with Crippen LogP contribution in [0.4, 0.5) is 16.2 Å². The van der Waals surface area contributed by atoms with Gasteiger partial charge in [-0.25, -0.2) is 4.79 Å². The summed E-state index contributed by atoms with van der Waals surface area (Å²) in [6.45, 7) is 7.56. The highest BCUT2D eigenvalue weighted by atomic mass is 16.2. The van der Waals surface area contributed by atoms with Crippen LogP contribution in [-0.4, -0.2) is 49.7 Å². The zero-order valence-electron chi connectivity index (χ0n) is 14.8. The van der Waals surface area contributed by atoms with Crippen LogP contribution in [0.15, 0.2) is 24.3 Å². The maximum atomic E-state index is 12.3. The number of amides is 2. The standard InChI is InChI=1S/C19H30N4O/c1-2-22-11-7-9-17(15-22)21-19(24)20-16-8-6-10-18(14-16)23-12-4-3-5-13-23/h6,8,10,14,17H,2-5,7,9,11-13,15H2,1H3,(H2,20,21,24)/t17-/m0/s1. The zero-order valence-corrected chi connectivity index (χ0v) is 14.8. The number of rotatable bonds is 4. The molecule has 2 N–H and O–H groups in total. The first-order valence-corrected chi connectivity index (χ1v) is 9.39. The van der Waals surface area contributed by atoms with Gasteiger partial charge < -0.3 is 20.4 Å². The minimum absolute atomic E-state index is 0.0891. The maximum Gasteiger partial charge on any atom is 0.319 e. The number of hydrogen-bond acceptors (Lipinski definition) is 3. The van der Waals surface area contributed by atoms with Gasteiger partial charge in [-0.05, 0) is 63.4 Å². The fourth-order valence-corrected chi connectivity index (χ4v) is 3.75. The lowest BCUT2D eigenvalue weighted by Gasteiger charge is -2.32. The fourth-order valence-electron chi connectivity index (χ4n) is 3.75. The third-order valence-electron chi connectivity index (χ3n) is 5.11. The molecule has 0 spiro atoms. The van der Waals surface area contributed by atoms with Gasteiger partial charge in [0.15, 0.2) is 0 Å². The number of nitrogens with one attached hydrogen (secondary N) is 2. The van der Waals surface area contributed by atoms with Crippen molar-refractivity contribution in [3.05, 3.63) is 24.3 Å². The van der Waals surface area contributed by atoms with Crippen LogP contribution >= 0.6 is 0 Å². The summed E-state index contributed by atoms with van der Waals surface area (Å²) < 4.78 is 0. The smallest absolute Gasteiger partial charge is 0.319 e. The van der Waals surface area contributed by atoms with Crippen molar-refractivity contribution < 1.29 is 4.79 Å². The van der Waals surface area contributed by atoms with Gasteiger partial charge in [-0.1, -0.05) is 13.0 Å². The summed E-state index contributed by atoms with van der Waals surface area (Å²) in [5.74, 6) is 0. The van der Waals surface area contributed by atoms with E-state index in [0.29, 0.717) is 0 Å². The lowest BCUT2D eigenvalue weighted by molar-refractivity contribution is 0.196. The van der Waals surface area contributed by atoms with Crippen molar-refractivity contribution in [3.8, 4) is 0 Å². The second-order valence-electron chi connectivity index (χ2n) is 6.93. The first kappa shape index (κ1) is 17.1. The van der Waals surface area contributed by atoms with Gasteiger partial charge in [-0.3, -0.25) is 0 Å². The third kappa shape index (κ3) is 4.63. The molecule has 0 radical (unpaired) electrons. The predicted octanol–water partition coefficient (Wildman–Crippen LogP) is 3.28. The molecule has 1 aromatic carbocycles. The topological polar surface area (TPSA) is 47.6 Å². The lowest BCUT2D eigenvalue weighted by atomic mass is 10.1. The Bertz CT molecular complexity index is 542. The fraction of sp³-hybridized carbons (Fsp3) is 0.632. The van der Waals surface area contributed by atoms with Crippen molar-refractivity contribution in [2.75, 3.05) is 42.9 Å². The quantitative estimate of drug-likeness (QED) is 0.891. The van der Waals surface area contributed by atoms with E-state index in [0.717, 1.165) is 51.3 Å². The molecule has 0 aliphatic carbocycles. The van der Waals surface area contributed by atoms with E-state index in [4.69, 9.17) is 0 Å². The van der Waals surface area contributed by atoms with Crippen LogP contribution in [0.25, 0.3) is 0 Å². The Morgan fingerprint density at radius 2 is 2.00 bits per heavy atom. The molecule has 2 aliphatic heterocycles. The normalized spacial score (nSPS) is 22.2. The van der Waals surface area contributed by atoms with Gasteiger partial charge >= 0.3 is 6.03 Å². The van der Waals surface area contributed by atoms with E-state index in [9.17, 15) is 4.79 Å². The molecule has 0 aromatic heterocycles. The number of piperidine rings is 2. The third-order valence-corrected chi connectivity index (χ3v) is 5.11. The molecule has 2 amide bonds. The van der Waals surface area contributed by atoms with Crippen LogP contribution in [0.2, 0.25) is 0 Å². The molecule has 2 fully saturated rings. The van der Waals surface area contributed by atoms with Crippen LogP contribution < -0.4 is 15.5 Å². The first-order valence-electron chi connectivity index (χ1n) is 9.39. The minimum atomic E-state index is -0.0891. The first-order chi connectivity index (χ1) is 11.7. The molecule has 3 rings (SSSR count). The number of carbonyl (C=O) groups excluding carboxylic acids is 1. The van der Waals surface area contributed by atoms with E-state index in [1.54, 1.807) is 0 Å². The number of likely N-dealkylation sites (N-methyl/N-ethyl adjacent to an activating group) is 1. The largest absolute Gasteiger partial charge is 0.371 e. The van der Waals surface area contributed by atoms with Crippen LogP contribution in [0.5, 0.6) is 0 Å². The summed E-state index contributed by atoms with van der Waals surface area (Å²) in [5, 5.41) is 6.13. The van der Waals surface area contributed by atoms with E-state index in [-0.39, 0.29) is 12.1 Å². The Morgan fingerprint density at radius 1 is 1.17 bits per heavy atom. The van der Waals surface area contributed by atoms with Crippen LogP contribution in [0, 0.1) is 0 Å². The summed E-state index contributed by atoms with van der Waals surface area (Å²) in [7, 11) is 0. The Hall–Kier alpha value is -1.75. The van der Waals surface area contributed by atoms with Crippen molar-refractivity contribution >= 4 is 17.4 Å². The molecule has 5 nitrogen and oxygen atoms in total. The summed E-state index contributed by atoms with van der Waals surface area (Å²) in [6, 6.07) is 8.38. The van der Waals surface area contributed by atoms with Gasteiger partial charge in [0.1, 0.15) is 0 Å². The van der Waals surface area contributed by atoms with Gasteiger partial charge in [-0.15, -0.1) is 0 Å². The van der Waals surface area contributed by atoms with Gasteiger partial charge in [0, 0.05) is 37.1 Å². The molecule has 0 unspecified atom stereocenters. The van der Waals surface area contributed by atoms with Crippen molar-refractivity contribution in [1.82, 2.24) is 10.2 Å². The molecule has 1 aromatic rings. The Morgan fingerprint density at radius 3 is 2.79 bits per heavy atom. The molecule has 2 aliphatic rings. The monoisotopic (exact) mass is 330 g/mol. The average molecular weight is 330 g/mol. The van der Waals surface area contributed by atoms with Crippen molar-refractivity contribution in [2.45, 2.75) is 45.1 Å². The molecule has 2 saturated heterocycles. The highest BCUT2D eigenvalue weighted by molar-refractivity contribution is 5.90. The number of benzene rings is 1. The number of nitrogens with zero attached hydrogens (tertiary/aromatic N) is 2. The molecule has 132 valence electrons. The number of likely N-dealkylation sites (tertiary alicyclic amines) is 1. The Labute approximate surface area is 145 Å². The van der Waals surface area contributed by atoms with E-state index < -0.39 is 0 Å². The van der Waals surface area contributed by atoms with Gasteiger partial charge in [0.2, 0.25) is 0 Å². The number of urea groups is 1. The molecule has 5 heteroatoms. The molecule has 1 atom stereocenters. The van der Waals surface area contributed by atoms with Crippen LogP contribution in [0.1, 0.15) is 39.0 Å². The second-order valence-corrected chi connectivity index (χ2v) is 6.93. The van der Waals surface area contributed by atoms with Gasteiger partial charge in [-0.2, -0.15) is 0 Å². The number of carbonyl (C=O) groups is 1. The van der Waals surface area contributed by atoms with Gasteiger partial charge in [0.05, 0.1) is 0 Å². The van der Waals surface area contributed by atoms with Gasteiger partial charge in [0.25, 0.3) is 0 Å². The van der Waals surface area contributed by atoms with Crippen molar-refractivity contribution in [2.24, 2.45) is 0 Å². The highest BCUT2D eigenvalue weighted by Crippen LogP contribution is 2.23. The maximum absolute atomic E-state index is 12.3. The van der Waals surface area contributed by atoms with Crippen molar-refractivity contribution in [3.63, 3.8) is 0 Å².